The largest absolute Gasteiger partial charge is 0.321 e. The number of halogens is 1. The maximum absolute atomic E-state index is 11.2. The molecule has 1 radical (unpaired) electrons. The molecule has 0 unspecified atom stereocenters. The molecule has 0 fully saturated rings. The minimum atomic E-state index is -1.32. The van der Waals surface area contributed by atoms with Gasteiger partial charge < -0.3 is 0 Å². The van der Waals surface area contributed by atoms with E-state index >= 15 is 0 Å². The highest BCUT2D eigenvalue weighted by Gasteiger charge is 1.83. The molecule has 2 heteroatoms. The molecule has 0 saturated carbocycles. The first-order valence-electron chi connectivity index (χ1n) is 2.30. The highest BCUT2D eigenvalue weighted by atomic mass is 19.1. The van der Waals surface area contributed by atoms with Gasteiger partial charge in [0.1, 0.15) is 0 Å². The molecule has 0 atom stereocenters. The van der Waals surface area contributed by atoms with E-state index in [-0.39, 0.29) is 0 Å². The van der Waals surface area contributed by atoms with Crippen molar-refractivity contribution in [3.63, 3.8) is 0 Å². The summed E-state index contributed by atoms with van der Waals surface area (Å²) in [6.45, 7) is 1.89. The standard InChI is InChI=1S/C5H8FO/c1-2-3-4-5(6)7/h4H,2-3H2,1H3/b5-4+. The predicted octanol–water partition coefficient (Wildman–Crippen LogP) is 2.03. The van der Waals surface area contributed by atoms with Crippen LogP contribution < -0.4 is 0 Å². The van der Waals surface area contributed by atoms with Crippen molar-refractivity contribution in [2.75, 3.05) is 0 Å². The van der Waals surface area contributed by atoms with Crippen LogP contribution in [0.5, 0.6) is 0 Å². The van der Waals surface area contributed by atoms with Gasteiger partial charge in [0, 0.05) is 0 Å². The second-order valence-electron chi connectivity index (χ2n) is 1.30. The molecular formula is C5H8FO. The fraction of sp³-hybridized carbons (Fsp3) is 0.600. The van der Waals surface area contributed by atoms with Gasteiger partial charge in [0.25, 0.3) is 0 Å². The SMILES string of the molecule is CCC/C=C(/[O])F. The van der Waals surface area contributed by atoms with E-state index in [4.69, 9.17) is 0 Å². The van der Waals surface area contributed by atoms with Crippen molar-refractivity contribution in [2.45, 2.75) is 19.8 Å². The van der Waals surface area contributed by atoms with Crippen molar-refractivity contribution in [1.29, 1.82) is 0 Å². The fourth-order valence-corrected chi connectivity index (χ4v) is 0.258. The highest BCUT2D eigenvalue weighted by Crippen LogP contribution is 1.94. The van der Waals surface area contributed by atoms with Crippen molar-refractivity contribution in [1.82, 2.24) is 0 Å². The summed E-state index contributed by atoms with van der Waals surface area (Å²) in [6.07, 6.45) is 2.42. The van der Waals surface area contributed by atoms with Crippen LogP contribution in [-0.4, -0.2) is 0 Å². The zero-order valence-electron chi connectivity index (χ0n) is 4.28. The molecule has 0 rings (SSSR count). The van der Waals surface area contributed by atoms with E-state index in [0.29, 0.717) is 6.42 Å². The van der Waals surface area contributed by atoms with Gasteiger partial charge in [0.05, 0.1) is 0 Å². The van der Waals surface area contributed by atoms with Gasteiger partial charge in [-0.05, 0) is 12.5 Å². The summed E-state index contributed by atoms with van der Waals surface area (Å²) in [5.41, 5.74) is 0. The second kappa shape index (κ2) is 3.65. The smallest absolute Gasteiger partial charge is 0.256 e. The Morgan fingerprint density at radius 2 is 2.43 bits per heavy atom. The monoisotopic (exact) mass is 103 g/mol. The minimum Gasteiger partial charge on any atom is -0.256 e. The van der Waals surface area contributed by atoms with Crippen molar-refractivity contribution in [3.05, 3.63) is 12.1 Å². The summed E-state index contributed by atoms with van der Waals surface area (Å²) >= 11 is 0. The van der Waals surface area contributed by atoms with Crippen molar-refractivity contribution >= 4 is 0 Å². The molecule has 0 saturated heterocycles. The van der Waals surface area contributed by atoms with Gasteiger partial charge in [-0.3, -0.25) is 5.11 Å². The molecule has 0 aliphatic heterocycles. The number of hydrogen-bond donors (Lipinski definition) is 0. The Labute approximate surface area is 42.5 Å². The maximum atomic E-state index is 11.2. The lowest BCUT2D eigenvalue weighted by Gasteiger charge is -1.77. The van der Waals surface area contributed by atoms with Crippen LogP contribution in [0.2, 0.25) is 0 Å². The summed E-state index contributed by atoms with van der Waals surface area (Å²) in [7, 11) is 0. The normalized spacial score (nSPS) is 12.0. The van der Waals surface area contributed by atoms with Gasteiger partial charge in [-0.15, -0.1) is 0 Å². The van der Waals surface area contributed by atoms with Crippen LogP contribution in [0.3, 0.4) is 0 Å². The number of hydrogen-bond acceptors (Lipinski definition) is 0. The lowest BCUT2D eigenvalue weighted by Crippen LogP contribution is -1.64. The van der Waals surface area contributed by atoms with E-state index < -0.39 is 6.01 Å². The number of unbranched alkanes of at least 4 members (excludes halogenated alkanes) is 1. The number of rotatable bonds is 2. The van der Waals surface area contributed by atoms with Gasteiger partial charge in [0.2, 0.25) is 0 Å². The van der Waals surface area contributed by atoms with E-state index in [1.165, 1.54) is 0 Å². The summed E-state index contributed by atoms with van der Waals surface area (Å²) in [6, 6.07) is -1.32. The highest BCUT2D eigenvalue weighted by molar-refractivity contribution is 4.77. The summed E-state index contributed by atoms with van der Waals surface area (Å²) in [4.78, 5) is 0. The first kappa shape index (κ1) is 6.47. The first-order chi connectivity index (χ1) is 3.27. The van der Waals surface area contributed by atoms with Crippen molar-refractivity contribution < 1.29 is 9.50 Å². The quantitative estimate of drug-likeness (QED) is 0.476. The molecular weight excluding hydrogens is 95.1 g/mol. The first-order valence-corrected chi connectivity index (χ1v) is 2.30. The average molecular weight is 103 g/mol. The molecule has 0 aromatic heterocycles. The Hall–Kier alpha value is -0.530. The molecule has 0 spiro atoms. The van der Waals surface area contributed by atoms with Crippen LogP contribution in [0.1, 0.15) is 19.8 Å². The van der Waals surface area contributed by atoms with Gasteiger partial charge >= 0.3 is 6.01 Å². The van der Waals surface area contributed by atoms with E-state index in [2.05, 4.69) is 0 Å². The van der Waals surface area contributed by atoms with Crippen molar-refractivity contribution in [2.24, 2.45) is 0 Å². The van der Waals surface area contributed by atoms with Crippen molar-refractivity contribution in [3.8, 4) is 0 Å². The van der Waals surface area contributed by atoms with Crippen LogP contribution in [-0.2, 0) is 5.11 Å². The van der Waals surface area contributed by atoms with Crippen LogP contribution in [0.15, 0.2) is 12.1 Å². The van der Waals surface area contributed by atoms with Crippen LogP contribution in [0.4, 0.5) is 4.39 Å². The Kier molecular flexibility index (Phi) is 3.38. The van der Waals surface area contributed by atoms with Gasteiger partial charge in [-0.25, -0.2) is 0 Å². The van der Waals surface area contributed by atoms with E-state index in [0.717, 1.165) is 12.5 Å². The zero-order valence-corrected chi connectivity index (χ0v) is 4.28. The summed E-state index contributed by atoms with van der Waals surface area (Å²) < 4.78 is 11.2. The Morgan fingerprint density at radius 3 is 2.57 bits per heavy atom. The van der Waals surface area contributed by atoms with Gasteiger partial charge in [-0.2, -0.15) is 4.39 Å². The topological polar surface area (TPSA) is 19.9 Å². The number of allylic oxidation sites excluding steroid dienone is 1. The molecule has 7 heavy (non-hydrogen) atoms. The Morgan fingerprint density at radius 1 is 1.86 bits per heavy atom. The molecule has 0 aromatic rings. The molecule has 0 heterocycles. The van der Waals surface area contributed by atoms with Crippen LogP contribution in [0, 0.1) is 0 Å². The Bertz CT molecular complexity index is 64.5. The third-order valence-electron chi connectivity index (χ3n) is 0.593. The molecule has 0 amide bonds. The zero-order chi connectivity index (χ0) is 5.70. The van der Waals surface area contributed by atoms with Gasteiger partial charge in [-0.1, -0.05) is 13.3 Å². The van der Waals surface area contributed by atoms with Crippen LogP contribution in [0.25, 0.3) is 0 Å². The lowest BCUT2D eigenvalue weighted by atomic mass is 10.3. The van der Waals surface area contributed by atoms with Crippen LogP contribution >= 0.6 is 0 Å². The van der Waals surface area contributed by atoms with E-state index in [9.17, 15) is 9.50 Å². The van der Waals surface area contributed by atoms with E-state index in [1.54, 1.807) is 0 Å². The molecule has 0 aromatic carbocycles. The molecule has 0 aliphatic rings. The molecule has 1 nitrogen and oxygen atoms in total. The molecule has 41 valence electrons. The lowest BCUT2D eigenvalue weighted by molar-refractivity contribution is 0.197. The molecule has 0 bridgehead atoms. The Balaban J connectivity index is 3.08. The summed E-state index contributed by atoms with van der Waals surface area (Å²) in [5.74, 6) is 0. The molecule has 0 N–H and O–H groups in total. The van der Waals surface area contributed by atoms with Gasteiger partial charge in [0.15, 0.2) is 0 Å². The summed E-state index contributed by atoms with van der Waals surface area (Å²) in [5, 5.41) is 9.48. The molecule has 0 aliphatic carbocycles. The average Bonchev–Trinajstić information content (AvgIpc) is 1.61. The van der Waals surface area contributed by atoms with E-state index in [1.807, 2.05) is 6.92 Å². The predicted molar refractivity (Wildman–Crippen MR) is 24.8 cm³/mol. The third kappa shape index (κ3) is 5.47. The fourth-order valence-electron chi connectivity index (χ4n) is 0.258. The maximum Gasteiger partial charge on any atom is 0.321 e. The minimum absolute atomic E-state index is 0.551. The third-order valence-corrected chi connectivity index (χ3v) is 0.593. The second-order valence-corrected chi connectivity index (χ2v) is 1.30.